The van der Waals surface area contributed by atoms with Crippen LogP contribution in [-0.2, 0) is 4.79 Å². The summed E-state index contributed by atoms with van der Waals surface area (Å²) in [6.45, 7) is 3.60. The quantitative estimate of drug-likeness (QED) is 0.890. The molecule has 0 saturated heterocycles. The molecule has 0 spiro atoms. The number of aliphatic carboxylic acids is 1. The van der Waals surface area contributed by atoms with Gasteiger partial charge in [0.2, 0.25) is 0 Å². The number of thiazole rings is 1. The van der Waals surface area contributed by atoms with E-state index in [1.165, 1.54) is 0 Å². The van der Waals surface area contributed by atoms with E-state index < -0.39 is 12.0 Å². The van der Waals surface area contributed by atoms with Gasteiger partial charge in [0.25, 0.3) is 5.91 Å². The Morgan fingerprint density at radius 3 is 2.81 bits per heavy atom. The second kappa shape index (κ2) is 6.49. The summed E-state index contributed by atoms with van der Waals surface area (Å²) in [6, 6.07) is 6.73. The Balaban J connectivity index is 2.13. The van der Waals surface area contributed by atoms with E-state index in [1.54, 1.807) is 36.5 Å². The van der Waals surface area contributed by atoms with Gasteiger partial charge in [-0.3, -0.25) is 9.59 Å². The van der Waals surface area contributed by atoms with Crippen molar-refractivity contribution in [1.82, 2.24) is 10.3 Å². The molecule has 0 saturated carbocycles. The van der Waals surface area contributed by atoms with Crippen LogP contribution in [0.3, 0.4) is 0 Å². The van der Waals surface area contributed by atoms with Gasteiger partial charge < -0.3 is 10.4 Å². The van der Waals surface area contributed by atoms with Crippen molar-refractivity contribution < 1.29 is 14.7 Å². The topological polar surface area (TPSA) is 79.3 Å². The molecule has 2 rings (SSSR count). The van der Waals surface area contributed by atoms with Crippen LogP contribution in [-0.4, -0.2) is 28.0 Å². The lowest BCUT2D eigenvalue weighted by molar-refractivity contribution is -0.137. The zero-order valence-corrected chi connectivity index (χ0v) is 12.6. The van der Waals surface area contributed by atoms with Gasteiger partial charge in [0.15, 0.2) is 0 Å². The highest BCUT2D eigenvalue weighted by Crippen LogP contribution is 2.22. The number of nitrogens with one attached hydrogen (secondary N) is 1. The molecule has 1 atom stereocenters. The molecule has 21 heavy (non-hydrogen) atoms. The molecule has 1 aromatic heterocycles. The van der Waals surface area contributed by atoms with E-state index in [0.29, 0.717) is 5.56 Å². The van der Waals surface area contributed by atoms with Crippen LogP contribution < -0.4 is 5.32 Å². The second-order valence-electron chi connectivity index (χ2n) is 4.80. The van der Waals surface area contributed by atoms with Gasteiger partial charge in [-0.25, -0.2) is 4.98 Å². The molecule has 0 fully saturated rings. The maximum atomic E-state index is 12.1. The largest absolute Gasteiger partial charge is 0.481 e. The van der Waals surface area contributed by atoms with Crippen molar-refractivity contribution in [3.05, 3.63) is 40.2 Å². The summed E-state index contributed by atoms with van der Waals surface area (Å²) in [7, 11) is 0. The number of carboxylic acid groups (broad SMARTS) is 1. The van der Waals surface area contributed by atoms with Crippen molar-refractivity contribution in [1.29, 1.82) is 0 Å². The molecule has 1 unspecified atom stereocenters. The van der Waals surface area contributed by atoms with E-state index in [9.17, 15) is 9.59 Å². The number of rotatable bonds is 5. The van der Waals surface area contributed by atoms with E-state index in [0.717, 1.165) is 16.3 Å². The Morgan fingerprint density at radius 2 is 2.19 bits per heavy atom. The lowest BCUT2D eigenvalue weighted by atomic mass is 10.1. The van der Waals surface area contributed by atoms with Crippen LogP contribution in [0.15, 0.2) is 29.6 Å². The lowest BCUT2D eigenvalue weighted by Crippen LogP contribution is -2.34. The standard InChI is InChI=1S/C15H16N2O3S/c1-9(6-14(18)19)16-15(20)12-5-3-4-11(7-12)13-8-21-10(2)17-13/h3-5,7-9H,6H2,1-2H3,(H,16,20)(H,18,19). The number of carbonyl (C=O) groups is 2. The summed E-state index contributed by atoms with van der Waals surface area (Å²) in [6.07, 6.45) is -0.100. The van der Waals surface area contributed by atoms with Gasteiger partial charge in [0.1, 0.15) is 0 Å². The molecule has 110 valence electrons. The number of nitrogens with zero attached hydrogens (tertiary/aromatic N) is 1. The predicted molar refractivity (Wildman–Crippen MR) is 81.5 cm³/mol. The number of benzene rings is 1. The van der Waals surface area contributed by atoms with Gasteiger partial charge in [-0.05, 0) is 26.0 Å². The highest BCUT2D eigenvalue weighted by Gasteiger charge is 2.13. The van der Waals surface area contributed by atoms with Crippen molar-refractivity contribution >= 4 is 23.2 Å². The SMILES string of the molecule is Cc1nc(-c2cccc(C(=O)NC(C)CC(=O)O)c2)cs1. The highest BCUT2D eigenvalue weighted by molar-refractivity contribution is 7.09. The van der Waals surface area contributed by atoms with Crippen molar-refractivity contribution in [2.45, 2.75) is 26.3 Å². The third-order valence-electron chi connectivity index (χ3n) is 2.90. The summed E-state index contributed by atoms with van der Waals surface area (Å²) < 4.78 is 0. The summed E-state index contributed by atoms with van der Waals surface area (Å²) in [5, 5.41) is 14.3. The molecule has 6 heteroatoms. The third-order valence-corrected chi connectivity index (χ3v) is 3.67. The number of hydrogen-bond acceptors (Lipinski definition) is 4. The Morgan fingerprint density at radius 1 is 1.43 bits per heavy atom. The summed E-state index contributed by atoms with van der Waals surface area (Å²) >= 11 is 1.55. The number of carbonyl (C=O) groups excluding carboxylic acids is 1. The van der Waals surface area contributed by atoms with E-state index >= 15 is 0 Å². The smallest absolute Gasteiger partial charge is 0.305 e. The summed E-state index contributed by atoms with van der Waals surface area (Å²) in [4.78, 5) is 27.1. The number of carboxylic acids is 1. The third kappa shape index (κ3) is 4.13. The molecular formula is C15H16N2O3S. The molecular weight excluding hydrogens is 288 g/mol. The maximum Gasteiger partial charge on any atom is 0.305 e. The zero-order valence-electron chi connectivity index (χ0n) is 11.8. The maximum absolute atomic E-state index is 12.1. The Labute approximate surface area is 126 Å². The molecule has 1 heterocycles. The molecule has 2 N–H and O–H groups in total. The molecule has 2 aromatic rings. The Kier molecular flexibility index (Phi) is 4.70. The van der Waals surface area contributed by atoms with Gasteiger partial charge >= 0.3 is 5.97 Å². The van der Waals surface area contributed by atoms with E-state index in [4.69, 9.17) is 5.11 Å². The average Bonchev–Trinajstić information content (AvgIpc) is 2.84. The number of hydrogen-bond donors (Lipinski definition) is 2. The number of amides is 1. The fourth-order valence-electron chi connectivity index (χ4n) is 1.94. The first-order valence-electron chi connectivity index (χ1n) is 6.51. The average molecular weight is 304 g/mol. The van der Waals surface area contributed by atoms with Crippen LogP contribution >= 0.6 is 11.3 Å². The fraction of sp³-hybridized carbons (Fsp3) is 0.267. The molecule has 1 aromatic carbocycles. The van der Waals surface area contributed by atoms with E-state index in [2.05, 4.69) is 10.3 Å². The van der Waals surface area contributed by atoms with Crippen molar-refractivity contribution in [3.8, 4) is 11.3 Å². The van der Waals surface area contributed by atoms with Crippen LogP contribution in [0.5, 0.6) is 0 Å². The molecule has 0 aliphatic rings. The highest BCUT2D eigenvalue weighted by atomic mass is 32.1. The van der Waals surface area contributed by atoms with Gasteiger partial charge in [-0.15, -0.1) is 11.3 Å². The summed E-state index contributed by atoms with van der Waals surface area (Å²) in [5.41, 5.74) is 2.21. The van der Waals surface area contributed by atoms with Crippen molar-refractivity contribution in [3.63, 3.8) is 0 Å². The normalized spacial score (nSPS) is 11.9. The van der Waals surface area contributed by atoms with Crippen LogP contribution in [0.1, 0.15) is 28.7 Å². The predicted octanol–water partition coefficient (Wildman–Crippen LogP) is 2.71. The van der Waals surface area contributed by atoms with Crippen LogP contribution in [0, 0.1) is 6.92 Å². The summed E-state index contributed by atoms with van der Waals surface area (Å²) in [5.74, 6) is -1.22. The monoisotopic (exact) mass is 304 g/mol. The molecule has 1 amide bonds. The zero-order chi connectivity index (χ0) is 15.4. The van der Waals surface area contributed by atoms with Crippen LogP contribution in [0.4, 0.5) is 0 Å². The van der Waals surface area contributed by atoms with Crippen molar-refractivity contribution in [2.24, 2.45) is 0 Å². The minimum absolute atomic E-state index is 0.100. The van der Waals surface area contributed by atoms with E-state index in [-0.39, 0.29) is 12.3 Å². The molecule has 0 bridgehead atoms. The minimum atomic E-state index is -0.936. The second-order valence-corrected chi connectivity index (χ2v) is 5.87. The Bertz CT molecular complexity index is 666. The van der Waals surface area contributed by atoms with Crippen LogP contribution in [0.2, 0.25) is 0 Å². The van der Waals surface area contributed by atoms with Crippen LogP contribution in [0.25, 0.3) is 11.3 Å². The molecule has 0 aliphatic carbocycles. The number of aryl methyl sites for hydroxylation is 1. The fourth-order valence-corrected chi connectivity index (χ4v) is 2.56. The first kappa shape index (κ1) is 15.2. The first-order chi connectivity index (χ1) is 9.95. The number of aromatic nitrogens is 1. The molecule has 5 nitrogen and oxygen atoms in total. The first-order valence-corrected chi connectivity index (χ1v) is 7.39. The van der Waals surface area contributed by atoms with Gasteiger partial charge in [0.05, 0.1) is 17.1 Å². The van der Waals surface area contributed by atoms with Gasteiger partial charge in [0, 0.05) is 22.5 Å². The molecule has 0 radical (unpaired) electrons. The van der Waals surface area contributed by atoms with Crippen molar-refractivity contribution in [2.75, 3.05) is 0 Å². The van der Waals surface area contributed by atoms with Gasteiger partial charge in [-0.2, -0.15) is 0 Å². The Hall–Kier alpha value is -2.21. The van der Waals surface area contributed by atoms with E-state index in [1.807, 2.05) is 18.4 Å². The molecule has 0 aliphatic heterocycles. The van der Waals surface area contributed by atoms with Gasteiger partial charge in [-0.1, -0.05) is 12.1 Å². The minimum Gasteiger partial charge on any atom is -0.481 e. The lowest BCUT2D eigenvalue weighted by Gasteiger charge is -2.11.